The molecule has 0 fully saturated rings. The van der Waals surface area contributed by atoms with Crippen molar-refractivity contribution in [3.63, 3.8) is 0 Å². The lowest BCUT2D eigenvalue weighted by atomic mass is 10.3. The van der Waals surface area contributed by atoms with Crippen LogP contribution in [0.4, 0.5) is 11.4 Å². The summed E-state index contributed by atoms with van der Waals surface area (Å²) in [6.45, 7) is 2.04. The Balaban J connectivity index is 1.71. The Labute approximate surface area is 154 Å². The minimum atomic E-state index is -0.427. The number of nitrogens with one attached hydrogen (secondary N) is 1. The number of anilines is 1. The van der Waals surface area contributed by atoms with Crippen LogP contribution in [-0.4, -0.2) is 27.0 Å². The predicted molar refractivity (Wildman–Crippen MR) is 105 cm³/mol. The van der Waals surface area contributed by atoms with Crippen LogP contribution in [0.15, 0.2) is 48.5 Å². The number of hydrogen-bond donors (Lipinski definition) is 1. The first-order valence-corrected chi connectivity index (χ1v) is 8.82. The number of aromatic nitrogens is 1. The van der Waals surface area contributed by atoms with Gasteiger partial charge >= 0.3 is 0 Å². The summed E-state index contributed by atoms with van der Waals surface area (Å²) in [6.07, 6.45) is 0. The molecule has 0 saturated carbocycles. The Morgan fingerprint density at radius 1 is 1.28 bits per heavy atom. The van der Waals surface area contributed by atoms with Crippen molar-refractivity contribution in [2.45, 2.75) is 13.0 Å². The van der Waals surface area contributed by atoms with Gasteiger partial charge in [0.2, 0.25) is 0 Å². The third kappa shape index (κ3) is 3.75. The molecule has 0 aliphatic rings. The first-order chi connectivity index (χ1) is 12.0. The number of rotatable bonds is 4. The highest BCUT2D eigenvalue weighted by Crippen LogP contribution is 2.29. The van der Waals surface area contributed by atoms with Gasteiger partial charge < -0.3 is 10.2 Å². The smallest absolute Gasteiger partial charge is 0.269 e. The molecule has 0 spiro atoms. The maximum atomic E-state index is 10.7. The molecule has 0 unspecified atom stereocenters. The lowest BCUT2D eigenvalue weighted by Gasteiger charge is -2.26. The van der Waals surface area contributed by atoms with Gasteiger partial charge in [-0.15, -0.1) is 11.3 Å². The van der Waals surface area contributed by atoms with Crippen LogP contribution in [0.1, 0.15) is 18.0 Å². The van der Waals surface area contributed by atoms with Crippen molar-refractivity contribution >= 4 is 50.3 Å². The van der Waals surface area contributed by atoms with E-state index < -0.39 is 4.92 Å². The average Bonchev–Trinajstić information content (AvgIpc) is 3.05. The summed E-state index contributed by atoms with van der Waals surface area (Å²) < 4.78 is 1.15. The quantitative estimate of drug-likeness (QED) is 0.410. The molecule has 1 heterocycles. The van der Waals surface area contributed by atoms with E-state index in [0.29, 0.717) is 10.8 Å². The van der Waals surface area contributed by atoms with Gasteiger partial charge in [0.25, 0.3) is 5.69 Å². The van der Waals surface area contributed by atoms with Crippen LogP contribution in [0.3, 0.4) is 0 Å². The minimum absolute atomic E-state index is 0.00967. The summed E-state index contributed by atoms with van der Waals surface area (Å²) >= 11 is 7.11. The molecule has 6 nitrogen and oxygen atoms in total. The molecule has 1 N–H and O–H groups in total. The Bertz CT molecular complexity index is 891. The van der Waals surface area contributed by atoms with Crippen molar-refractivity contribution in [1.82, 2.24) is 9.88 Å². The molecular formula is C17H16N4O2S2. The molecule has 1 aromatic heterocycles. The number of benzene rings is 2. The Morgan fingerprint density at radius 3 is 2.60 bits per heavy atom. The van der Waals surface area contributed by atoms with Crippen molar-refractivity contribution in [3.8, 4) is 0 Å². The number of nitrogens with zero attached hydrogens (tertiary/aromatic N) is 3. The molecule has 3 aromatic rings. The van der Waals surface area contributed by atoms with Crippen LogP contribution in [0.5, 0.6) is 0 Å². The zero-order chi connectivity index (χ0) is 18.0. The van der Waals surface area contributed by atoms with Crippen LogP contribution < -0.4 is 5.32 Å². The molecule has 128 valence electrons. The van der Waals surface area contributed by atoms with E-state index in [1.165, 1.54) is 12.1 Å². The second-order valence-corrected chi connectivity index (χ2v) is 6.99. The number of thiazole rings is 1. The van der Waals surface area contributed by atoms with Crippen LogP contribution in [0, 0.1) is 10.1 Å². The fourth-order valence-electron chi connectivity index (χ4n) is 2.29. The zero-order valence-electron chi connectivity index (χ0n) is 13.7. The Kier molecular flexibility index (Phi) is 4.91. The molecule has 3 rings (SSSR count). The van der Waals surface area contributed by atoms with Crippen LogP contribution in [0.2, 0.25) is 0 Å². The van der Waals surface area contributed by atoms with Crippen molar-refractivity contribution in [3.05, 3.63) is 63.7 Å². The molecule has 0 bridgehead atoms. The van der Waals surface area contributed by atoms with Gasteiger partial charge in [-0.3, -0.25) is 10.1 Å². The van der Waals surface area contributed by atoms with E-state index >= 15 is 0 Å². The van der Waals surface area contributed by atoms with Crippen LogP contribution in [-0.2, 0) is 0 Å². The van der Waals surface area contributed by atoms with Crippen LogP contribution >= 0.6 is 23.6 Å². The molecule has 0 aliphatic carbocycles. The number of para-hydroxylation sites is 1. The van der Waals surface area contributed by atoms with E-state index in [-0.39, 0.29) is 11.7 Å². The van der Waals surface area contributed by atoms with Gasteiger partial charge in [0, 0.05) is 24.9 Å². The van der Waals surface area contributed by atoms with Crippen molar-refractivity contribution in [1.29, 1.82) is 0 Å². The third-order valence-corrected chi connectivity index (χ3v) is 5.50. The topological polar surface area (TPSA) is 71.3 Å². The van der Waals surface area contributed by atoms with Gasteiger partial charge in [-0.25, -0.2) is 4.98 Å². The molecule has 8 heteroatoms. The second-order valence-electron chi connectivity index (χ2n) is 5.54. The number of nitro benzene ring substituents is 1. The zero-order valence-corrected chi connectivity index (χ0v) is 15.3. The van der Waals surface area contributed by atoms with Crippen molar-refractivity contribution < 1.29 is 4.92 Å². The van der Waals surface area contributed by atoms with Crippen LogP contribution in [0.25, 0.3) is 10.2 Å². The third-order valence-electron chi connectivity index (χ3n) is 3.90. The fraction of sp³-hybridized carbons (Fsp3) is 0.176. The van der Waals surface area contributed by atoms with Gasteiger partial charge in [0.15, 0.2) is 5.11 Å². The Morgan fingerprint density at radius 2 is 1.96 bits per heavy atom. The van der Waals surface area contributed by atoms with E-state index in [4.69, 9.17) is 12.2 Å². The van der Waals surface area contributed by atoms with Gasteiger partial charge in [-0.1, -0.05) is 12.1 Å². The molecule has 0 radical (unpaired) electrons. The fourth-order valence-corrected chi connectivity index (χ4v) is 3.63. The van der Waals surface area contributed by atoms with Gasteiger partial charge in [-0.05, 0) is 43.4 Å². The first kappa shape index (κ1) is 17.2. The van der Waals surface area contributed by atoms with E-state index in [2.05, 4.69) is 16.4 Å². The second kappa shape index (κ2) is 7.12. The number of fused-ring (bicyclic) bond motifs is 1. The highest BCUT2D eigenvalue weighted by Gasteiger charge is 2.18. The van der Waals surface area contributed by atoms with E-state index in [9.17, 15) is 10.1 Å². The average molecular weight is 372 g/mol. The lowest BCUT2D eigenvalue weighted by Crippen LogP contribution is -2.33. The predicted octanol–water partition coefficient (Wildman–Crippen LogP) is 4.59. The maximum Gasteiger partial charge on any atom is 0.269 e. The lowest BCUT2D eigenvalue weighted by molar-refractivity contribution is -0.384. The summed E-state index contributed by atoms with van der Waals surface area (Å²) in [7, 11) is 1.90. The van der Waals surface area contributed by atoms with Gasteiger partial charge in [0.05, 0.1) is 21.2 Å². The number of thiocarbonyl (C=S) groups is 1. The largest absolute Gasteiger partial charge is 0.343 e. The normalized spacial score (nSPS) is 11.9. The Hall–Kier alpha value is -2.58. The molecule has 0 saturated heterocycles. The number of non-ortho nitro benzene ring substituents is 1. The summed E-state index contributed by atoms with van der Waals surface area (Å²) in [6, 6.07) is 14.2. The maximum absolute atomic E-state index is 10.7. The summed E-state index contributed by atoms with van der Waals surface area (Å²) in [5.41, 5.74) is 1.74. The number of hydrogen-bond acceptors (Lipinski definition) is 5. The first-order valence-electron chi connectivity index (χ1n) is 7.59. The molecule has 2 aromatic carbocycles. The summed E-state index contributed by atoms with van der Waals surface area (Å²) in [4.78, 5) is 16.9. The van der Waals surface area contributed by atoms with Crippen molar-refractivity contribution in [2.24, 2.45) is 0 Å². The van der Waals surface area contributed by atoms with E-state index in [1.54, 1.807) is 23.5 Å². The van der Waals surface area contributed by atoms with E-state index in [0.717, 1.165) is 15.2 Å². The molecule has 1 atom stereocenters. The minimum Gasteiger partial charge on any atom is -0.343 e. The monoisotopic (exact) mass is 372 g/mol. The van der Waals surface area contributed by atoms with E-state index in [1.807, 2.05) is 37.1 Å². The van der Waals surface area contributed by atoms with Gasteiger partial charge in [-0.2, -0.15) is 0 Å². The summed E-state index contributed by atoms with van der Waals surface area (Å²) in [5, 5.41) is 15.3. The highest BCUT2D eigenvalue weighted by molar-refractivity contribution is 7.80. The van der Waals surface area contributed by atoms with Gasteiger partial charge in [0.1, 0.15) is 5.01 Å². The molecule has 25 heavy (non-hydrogen) atoms. The molecule has 0 amide bonds. The number of nitro groups is 1. The summed E-state index contributed by atoms with van der Waals surface area (Å²) in [5.74, 6) is 0. The highest BCUT2D eigenvalue weighted by atomic mass is 32.1. The molecular weight excluding hydrogens is 356 g/mol. The standard InChI is InChI=1S/C17H16N4O2S2/c1-11(16-19-14-5-3-4-6-15(14)25-16)20(2)17(24)18-12-7-9-13(10-8-12)21(22)23/h3-11H,1-2H3,(H,18,24)/t11-/m0/s1. The van der Waals surface area contributed by atoms with Crippen molar-refractivity contribution in [2.75, 3.05) is 12.4 Å². The SMILES string of the molecule is C[C@@H](c1nc2ccccc2s1)N(C)C(=S)Nc1ccc([N+](=O)[O-])cc1. The molecule has 0 aliphatic heterocycles.